The van der Waals surface area contributed by atoms with Gasteiger partial charge >= 0.3 is 6.03 Å². The van der Waals surface area contributed by atoms with Gasteiger partial charge in [-0.15, -0.1) is 0 Å². The molecule has 3 atom stereocenters. The Bertz CT molecular complexity index is 773. The van der Waals surface area contributed by atoms with E-state index in [4.69, 9.17) is 9.15 Å². The van der Waals surface area contributed by atoms with Gasteiger partial charge in [0.1, 0.15) is 5.52 Å². The molecule has 7 nitrogen and oxygen atoms in total. The van der Waals surface area contributed by atoms with Crippen molar-refractivity contribution in [1.29, 1.82) is 0 Å². The number of fused-ring (bicyclic) bond motifs is 2. The predicted octanol–water partition coefficient (Wildman–Crippen LogP) is 2.97. The van der Waals surface area contributed by atoms with Crippen molar-refractivity contribution in [2.75, 3.05) is 30.9 Å². The lowest BCUT2D eigenvalue weighted by atomic mass is 9.82. The monoisotopic (exact) mass is 344 g/mol. The van der Waals surface area contributed by atoms with Gasteiger partial charge in [0.05, 0.1) is 6.10 Å². The van der Waals surface area contributed by atoms with E-state index in [0.29, 0.717) is 29.3 Å². The summed E-state index contributed by atoms with van der Waals surface area (Å²) in [6, 6.07) is 6.05. The van der Waals surface area contributed by atoms with Gasteiger partial charge in [0.15, 0.2) is 5.58 Å². The van der Waals surface area contributed by atoms with Crippen LogP contribution in [0.2, 0.25) is 0 Å². The SMILES string of the molecule is CN(C)c1nc2cc(NC(=O)N[C@@H]3CCC[C@@H]4OCC[C@H]43)ccc2o1. The minimum absolute atomic E-state index is 0.173. The normalized spacial score (nSPS) is 25.6. The number of hydrogen-bond acceptors (Lipinski definition) is 5. The van der Waals surface area contributed by atoms with Gasteiger partial charge in [0.25, 0.3) is 6.01 Å². The molecule has 2 N–H and O–H groups in total. The van der Waals surface area contributed by atoms with Crippen molar-refractivity contribution in [2.45, 2.75) is 37.8 Å². The second kappa shape index (κ2) is 6.55. The summed E-state index contributed by atoms with van der Waals surface area (Å²) < 4.78 is 11.4. The predicted molar refractivity (Wildman–Crippen MR) is 96.0 cm³/mol. The average molecular weight is 344 g/mol. The van der Waals surface area contributed by atoms with Crippen molar-refractivity contribution in [3.8, 4) is 0 Å². The highest BCUT2D eigenvalue weighted by atomic mass is 16.5. The molecule has 1 aromatic carbocycles. The summed E-state index contributed by atoms with van der Waals surface area (Å²) in [6.07, 6.45) is 4.58. The first kappa shape index (κ1) is 16.2. The fourth-order valence-electron chi connectivity index (χ4n) is 3.87. The lowest BCUT2D eigenvalue weighted by molar-refractivity contribution is 0.0553. The maximum absolute atomic E-state index is 12.4. The Hall–Kier alpha value is -2.28. The van der Waals surface area contributed by atoms with E-state index in [0.717, 1.165) is 37.8 Å². The summed E-state index contributed by atoms with van der Waals surface area (Å²) in [5, 5.41) is 6.04. The first-order valence-electron chi connectivity index (χ1n) is 8.87. The molecule has 1 saturated carbocycles. The summed E-state index contributed by atoms with van der Waals surface area (Å²) in [6.45, 7) is 0.812. The number of amides is 2. The van der Waals surface area contributed by atoms with E-state index < -0.39 is 0 Å². The number of carbonyl (C=O) groups excluding carboxylic acids is 1. The van der Waals surface area contributed by atoms with Crippen LogP contribution in [-0.2, 0) is 4.74 Å². The molecule has 0 spiro atoms. The number of nitrogens with one attached hydrogen (secondary N) is 2. The smallest absolute Gasteiger partial charge is 0.319 e. The van der Waals surface area contributed by atoms with Gasteiger partial charge in [-0.1, -0.05) is 0 Å². The van der Waals surface area contributed by atoms with E-state index in [1.54, 1.807) is 0 Å². The second-order valence-electron chi connectivity index (χ2n) is 7.07. The molecule has 1 aliphatic carbocycles. The Morgan fingerprint density at radius 1 is 1.28 bits per heavy atom. The molecule has 25 heavy (non-hydrogen) atoms. The van der Waals surface area contributed by atoms with Crippen molar-refractivity contribution in [1.82, 2.24) is 10.3 Å². The minimum atomic E-state index is -0.173. The molecular formula is C18H24N4O3. The van der Waals surface area contributed by atoms with Crippen LogP contribution in [0.1, 0.15) is 25.7 Å². The number of ether oxygens (including phenoxy) is 1. The molecule has 1 aromatic heterocycles. The zero-order valence-electron chi connectivity index (χ0n) is 14.6. The van der Waals surface area contributed by atoms with E-state index in [1.165, 1.54) is 0 Å². The van der Waals surface area contributed by atoms with E-state index in [1.807, 2.05) is 37.2 Å². The zero-order chi connectivity index (χ0) is 17.4. The average Bonchev–Trinajstić information content (AvgIpc) is 3.21. The topological polar surface area (TPSA) is 79.6 Å². The molecule has 2 amide bonds. The molecule has 134 valence electrons. The standard InChI is InChI=1S/C18H24N4O3/c1-22(2)18-21-14-10-11(6-7-16(14)25-18)19-17(23)20-13-4-3-5-15-12(13)8-9-24-15/h6-7,10,12-13,15H,3-5,8-9H2,1-2H3,(H2,19,20,23)/t12-,13+,15-/m0/s1. The first-order valence-corrected chi connectivity index (χ1v) is 8.87. The molecule has 2 fully saturated rings. The number of oxazole rings is 1. The van der Waals surface area contributed by atoms with Crippen molar-refractivity contribution >= 4 is 28.8 Å². The van der Waals surface area contributed by atoms with Gasteiger partial charge in [0.2, 0.25) is 0 Å². The van der Waals surface area contributed by atoms with Gasteiger partial charge in [-0.3, -0.25) is 0 Å². The zero-order valence-corrected chi connectivity index (χ0v) is 14.6. The summed E-state index contributed by atoms with van der Waals surface area (Å²) in [7, 11) is 3.75. The van der Waals surface area contributed by atoms with Crippen LogP contribution in [0.4, 0.5) is 16.5 Å². The van der Waals surface area contributed by atoms with E-state index in [-0.39, 0.29) is 12.1 Å². The number of benzene rings is 1. The number of anilines is 2. The van der Waals surface area contributed by atoms with Crippen molar-refractivity contribution in [3.05, 3.63) is 18.2 Å². The highest BCUT2D eigenvalue weighted by molar-refractivity contribution is 5.92. The molecule has 7 heteroatoms. The van der Waals surface area contributed by atoms with Crippen LogP contribution in [0.3, 0.4) is 0 Å². The largest absolute Gasteiger partial charge is 0.423 e. The third kappa shape index (κ3) is 3.28. The van der Waals surface area contributed by atoms with Gasteiger partial charge in [-0.25, -0.2) is 4.79 Å². The third-order valence-electron chi connectivity index (χ3n) is 5.11. The molecule has 1 aliphatic heterocycles. The van der Waals surface area contributed by atoms with Gasteiger partial charge in [-0.2, -0.15) is 4.98 Å². The van der Waals surface area contributed by atoms with Crippen molar-refractivity contribution < 1.29 is 13.9 Å². The lowest BCUT2D eigenvalue weighted by Crippen LogP contribution is -2.47. The molecule has 0 unspecified atom stereocenters. The quantitative estimate of drug-likeness (QED) is 0.895. The molecule has 2 aliphatic rings. The van der Waals surface area contributed by atoms with Crippen molar-refractivity contribution in [3.63, 3.8) is 0 Å². The summed E-state index contributed by atoms with van der Waals surface area (Å²) in [5.41, 5.74) is 2.13. The highest BCUT2D eigenvalue weighted by Gasteiger charge is 2.38. The Morgan fingerprint density at radius 2 is 2.16 bits per heavy atom. The Morgan fingerprint density at radius 3 is 3.00 bits per heavy atom. The van der Waals surface area contributed by atoms with E-state index in [2.05, 4.69) is 15.6 Å². The number of urea groups is 1. The number of rotatable bonds is 3. The summed E-state index contributed by atoms with van der Waals surface area (Å²) >= 11 is 0. The van der Waals surface area contributed by atoms with E-state index >= 15 is 0 Å². The van der Waals surface area contributed by atoms with Crippen LogP contribution in [0.15, 0.2) is 22.6 Å². The summed E-state index contributed by atoms with van der Waals surface area (Å²) in [4.78, 5) is 18.6. The molecule has 0 bridgehead atoms. The van der Waals surface area contributed by atoms with Crippen LogP contribution >= 0.6 is 0 Å². The van der Waals surface area contributed by atoms with Crippen LogP contribution in [0, 0.1) is 5.92 Å². The van der Waals surface area contributed by atoms with Crippen LogP contribution in [0.5, 0.6) is 0 Å². The molecular weight excluding hydrogens is 320 g/mol. The van der Waals surface area contributed by atoms with Gasteiger partial charge in [0, 0.05) is 38.3 Å². The number of aromatic nitrogens is 1. The van der Waals surface area contributed by atoms with Gasteiger partial charge < -0.3 is 24.7 Å². The minimum Gasteiger partial charge on any atom is -0.423 e. The number of nitrogens with zero attached hydrogens (tertiary/aromatic N) is 2. The molecule has 2 heterocycles. The summed E-state index contributed by atoms with van der Waals surface area (Å²) in [5.74, 6) is 0.445. The fraction of sp³-hybridized carbons (Fsp3) is 0.556. The Kier molecular flexibility index (Phi) is 4.25. The maximum Gasteiger partial charge on any atom is 0.319 e. The Labute approximate surface area is 146 Å². The number of carbonyl (C=O) groups is 1. The van der Waals surface area contributed by atoms with Crippen LogP contribution in [-0.4, -0.2) is 43.9 Å². The highest BCUT2D eigenvalue weighted by Crippen LogP contribution is 2.34. The number of hydrogen-bond donors (Lipinski definition) is 2. The van der Waals surface area contributed by atoms with Crippen molar-refractivity contribution in [2.24, 2.45) is 5.92 Å². The Balaban J connectivity index is 1.42. The maximum atomic E-state index is 12.4. The van der Waals surface area contributed by atoms with Crippen LogP contribution < -0.4 is 15.5 Å². The second-order valence-corrected chi connectivity index (χ2v) is 7.07. The first-order chi connectivity index (χ1) is 12.1. The molecule has 2 aromatic rings. The lowest BCUT2D eigenvalue weighted by Gasteiger charge is -2.33. The molecule has 4 rings (SSSR count). The fourth-order valence-corrected chi connectivity index (χ4v) is 3.87. The van der Waals surface area contributed by atoms with E-state index in [9.17, 15) is 4.79 Å². The third-order valence-corrected chi connectivity index (χ3v) is 5.11. The van der Waals surface area contributed by atoms with Crippen LogP contribution in [0.25, 0.3) is 11.1 Å². The molecule has 0 radical (unpaired) electrons. The molecule has 1 saturated heterocycles. The van der Waals surface area contributed by atoms with Gasteiger partial charge in [-0.05, 0) is 43.9 Å².